The molecular formula is C48H37NO. The highest BCUT2D eigenvalue weighted by Gasteiger charge is 2.40. The summed E-state index contributed by atoms with van der Waals surface area (Å²) in [5.41, 5.74) is 18.0. The maximum Gasteiger partial charge on any atom is 0.137 e. The number of fused-ring (bicyclic) bond motifs is 9. The first-order chi connectivity index (χ1) is 24.3. The number of para-hydroxylation sites is 1. The minimum atomic E-state index is -0.155. The van der Waals surface area contributed by atoms with E-state index in [-0.39, 0.29) is 10.8 Å². The van der Waals surface area contributed by atoms with Crippen molar-refractivity contribution in [2.24, 2.45) is 0 Å². The number of furan rings is 1. The zero-order chi connectivity index (χ0) is 33.8. The average Bonchev–Trinajstić information content (AvgIpc) is 3.72. The van der Waals surface area contributed by atoms with Gasteiger partial charge in [0.25, 0.3) is 0 Å². The molecule has 0 bridgehead atoms. The molecule has 0 fully saturated rings. The fourth-order valence-corrected chi connectivity index (χ4v) is 9.02. The number of hydrogen-bond acceptors (Lipinski definition) is 2. The van der Waals surface area contributed by atoms with Crippen LogP contribution in [0.25, 0.3) is 55.3 Å². The number of hydrogen-bond donors (Lipinski definition) is 0. The fourth-order valence-electron chi connectivity index (χ4n) is 9.02. The molecule has 0 atom stereocenters. The Morgan fingerprint density at radius 3 is 1.90 bits per heavy atom. The molecule has 2 heteroatoms. The lowest BCUT2D eigenvalue weighted by atomic mass is 9.81. The monoisotopic (exact) mass is 643 g/mol. The summed E-state index contributed by atoms with van der Waals surface area (Å²) in [6.45, 7) is 9.47. The van der Waals surface area contributed by atoms with Gasteiger partial charge in [-0.1, -0.05) is 149 Å². The zero-order valence-electron chi connectivity index (χ0n) is 28.8. The summed E-state index contributed by atoms with van der Waals surface area (Å²) in [6.07, 6.45) is 0. The summed E-state index contributed by atoms with van der Waals surface area (Å²) in [5.74, 6) is 0. The van der Waals surface area contributed by atoms with Gasteiger partial charge in [0.15, 0.2) is 0 Å². The Bertz CT molecular complexity index is 2660. The Labute approximate surface area is 293 Å². The van der Waals surface area contributed by atoms with E-state index in [2.05, 4.69) is 184 Å². The van der Waals surface area contributed by atoms with E-state index in [1.807, 2.05) is 0 Å². The van der Waals surface area contributed by atoms with E-state index in [9.17, 15) is 0 Å². The second-order valence-corrected chi connectivity index (χ2v) is 14.9. The fraction of sp³-hybridized carbons (Fsp3) is 0.125. The summed E-state index contributed by atoms with van der Waals surface area (Å²) in [6, 6.07) is 55.6. The molecule has 50 heavy (non-hydrogen) atoms. The highest BCUT2D eigenvalue weighted by molar-refractivity contribution is 6.15. The maximum absolute atomic E-state index is 6.53. The van der Waals surface area contributed by atoms with Crippen LogP contribution >= 0.6 is 0 Å². The van der Waals surface area contributed by atoms with Gasteiger partial charge in [0, 0.05) is 33.0 Å². The molecule has 0 saturated carbocycles. The predicted octanol–water partition coefficient (Wildman–Crippen LogP) is 13.3. The van der Waals surface area contributed by atoms with Crippen LogP contribution in [0.3, 0.4) is 0 Å². The van der Waals surface area contributed by atoms with E-state index in [4.69, 9.17) is 4.42 Å². The second-order valence-electron chi connectivity index (χ2n) is 14.9. The van der Waals surface area contributed by atoms with Crippen LogP contribution in [0.4, 0.5) is 17.1 Å². The lowest BCUT2D eigenvalue weighted by Gasteiger charge is -2.33. The van der Waals surface area contributed by atoms with E-state index >= 15 is 0 Å². The molecule has 0 aliphatic heterocycles. The van der Waals surface area contributed by atoms with E-state index in [1.165, 1.54) is 61.3 Å². The SMILES string of the molecule is CC1(C)c2ccccc2-c2ccc(N(c3c(-c4ccccc4)ccc4c3-c3ccccc3C4(C)C)c3cccc4oc5ccccc5c34)cc21. The summed E-state index contributed by atoms with van der Waals surface area (Å²) < 4.78 is 6.53. The molecule has 8 aromatic rings. The smallest absolute Gasteiger partial charge is 0.137 e. The summed E-state index contributed by atoms with van der Waals surface area (Å²) >= 11 is 0. The van der Waals surface area contributed by atoms with Crippen molar-refractivity contribution in [3.05, 3.63) is 174 Å². The van der Waals surface area contributed by atoms with Crippen molar-refractivity contribution in [3.63, 3.8) is 0 Å². The third-order valence-electron chi connectivity index (χ3n) is 11.5. The topological polar surface area (TPSA) is 16.4 Å². The van der Waals surface area contributed by atoms with Gasteiger partial charge in [-0.15, -0.1) is 0 Å². The van der Waals surface area contributed by atoms with Gasteiger partial charge in [0.05, 0.1) is 16.8 Å². The average molecular weight is 644 g/mol. The van der Waals surface area contributed by atoms with E-state index in [1.54, 1.807) is 0 Å². The first-order valence-electron chi connectivity index (χ1n) is 17.6. The molecule has 7 aromatic carbocycles. The van der Waals surface area contributed by atoms with Crippen LogP contribution in [0, 0.1) is 0 Å². The maximum atomic E-state index is 6.53. The Balaban J connectivity index is 1.36. The number of anilines is 3. The normalized spacial score (nSPS) is 14.7. The van der Waals surface area contributed by atoms with Crippen molar-refractivity contribution < 1.29 is 4.42 Å². The molecule has 0 radical (unpaired) electrons. The van der Waals surface area contributed by atoms with Crippen LogP contribution < -0.4 is 4.90 Å². The van der Waals surface area contributed by atoms with Gasteiger partial charge in [0.2, 0.25) is 0 Å². The van der Waals surface area contributed by atoms with E-state index in [0.717, 1.165) is 33.3 Å². The largest absolute Gasteiger partial charge is 0.456 e. The van der Waals surface area contributed by atoms with Crippen molar-refractivity contribution in [1.29, 1.82) is 0 Å². The first-order valence-corrected chi connectivity index (χ1v) is 17.6. The van der Waals surface area contributed by atoms with Gasteiger partial charge in [-0.25, -0.2) is 0 Å². The second kappa shape index (κ2) is 10.3. The molecule has 0 amide bonds. The highest BCUT2D eigenvalue weighted by Crippen LogP contribution is 2.58. The Hall–Kier alpha value is -5.86. The molecule has 1 aromatic heterocycles. The Morgan fingerprint density at radius 2 is 1.08 bits per heavy atom. The van der Waals surface area contributed by atoms with Crippen LogP contribution in [0.2, 0.25) is 0 Å². The van der Waals surface area contributed by atoms with Crippen LogP contribution in [0.1, 0.15) is 49.9 Å². The molecule has 2 aliphatic carbocycles. The molecule has 0 unspecified atom stereocenters. The lowest BCUT2D eigenvalue weighted by Crippen LogP contribution is -2.18. The van der Waals surface area contributed by atoms with Gasteiger partial charge >= 0.3 is 0 Å². The van der Waals surface area contributed by atoms with Gasteiger partial charge in [-0.05, 0) is 74.8 Å². The molecule has 0 N–H and O–H groups in total. The van der Waals surface area contributed by atoms with Gasteiger partial charge < -0.3 is 9.32 Å². The van der Waals surface area contributed by atoms with Crippen molar-refractivity contribution in [1.82, 2.24) is 0 Å². The minimum absolute atomic E-state index is 0.141. The van der Waals surface area contributed by atoms with Crippen molar-refractivity contribution in [2.75, 3.05) is 4.90 Å². The summed E-state index contributed by atoms with van der Waals surface area (Å²) in [7, 11) is 0. The molecular weight excluding hydrogens is 607 g/mol. The van der Waals surface area contributed by atoms with Crippen molar-refractivity contribution in [2.45, 2.75) is 38.5 Å². The van der Waals surface area contributed by atoms with Crippen LogP contribution in [0.5, 0.6) is 0 Å². The third kappa shape index (κ3) is 3.91. The Kier molecular flexibility index (Phi) is 6.01. The van der Waals surface area contributed by atoms with E-state index in [0.29, 0.717) is 0 Å². The summed E-state index contributed by atoms with van der Waals surface area (Å²) in [5, 5.41) is 2.24. The number of benzene rings is 7. The van der Waals surface area contributed by atoms with Crippen molar-refractivity contribution in [3.8, 4) is 33.4 Å². The molecule has 1 heterocycles. The van der Waals surface area contributed by atoms with Gasteiger partial charge in [-0.3, -0.25) is 0 Å². The molecule has 2 aliphatic rings. The summed E-state index contributed by atoms with van der Waals surface area (Å²) in [4.78, 5) is 2.54. The lowest BCUT2D eigenvalue weighted by molar-refractivity contribution is 0.660. The molecule has 0 saturated heterocycles. The van der Waals surface area contributed by atoms with Crippen LogP contribution in [-0.4, -0.2) is 0 Å². The van der Waals surface area contributed by atoms with Crippen molar-refractivity contribution >= 4 is 39.0 Å². The number of rotatable bonds is 4. The quantitative estimate of drug-likeness (QED) is 0.190. The first kappa shape index (κ1) is 29.1. The van der Waals surface area contributed by atoms with Crippen LogP contribution in [0.15, 0.2) is 156 Å². The van der Waals surface area contributed by atoms with Gasteiger partial charge in [0.1, 0.15) is 11.2 Å². The zero-order valence-corrected chi connectivity index (χ0v) is 28.8. The third-order valence-corrected chi connectivity index (χ3v) is 11.5. The molecule has 0 spiro atoms. The standard InChI is InChI=1S/C48H37NO/c1-47(2)38-21-12-9-18-35(38)44-39(47)28-27-32(30-15-6-5-7-16-30)46(44)49(41-22-14-24-43-45(41)36-19-10-13-23-42(36)50-43)31-25-26-34-33-17-8-11-20-37(33)48(3,4)40(34)29-31/h5-29H,1-4H3. The van der Waals surface area contributed by atoms with Gasteiger partial charge in [-0.2, -0.15) is 0 Å². The van der Waals surface area contributed by atoms with Crippen LogP contribution in [-0.2, 0) is 10.8 Å². The highest BCUT2D eigenvalue weighted by atomic mass is 16.3. The minimum Gasteiger partial charge on any atom is -0.456 e. The molecule has 10 rings (SSSR count). The molecule has 2 nitrogen and oxygen atoms in total. The Morgan fingerprint density at radius 1 is 0.460 bits per heavy atom. The number of nitrogens with zero attached hydrogens (tertiary/aromatic N) is 1. The van der Waals surface area contributed by atoms with E-state index < -0.39 is 0 Å². The molecule has 240 valence electrons. The predicted molar refractivity (Wildman–Crippen MR) is 209 cm³/mol.